The third kappa shape index (κ3) is 3.98. The van der Waals surface area contributed by atoms with Gasteiger partial charge in [0.05, 0.1) is 5.69 Å². The zero-order valence-electron chi connectivity index (χ0n) is 17.0. The summed E-state index contributed by atoms with van der Waals surface area (Å²) in [5.74, 6) is 0.652. The SMILES string of the molecule is Cc1ccnn1-c1ccc(C(=O)NC(c2nc(-c3cccnc3)no2)C(C)C)cc1. The van der Waals surface area contributed by atoms with E-state index < -0.39 is 6.04 Å². The number of aromatic nitrogens is 5. The summed E-state index contributed by atoms with van der Waals surface area (Å²) in [5, 5.41) is 11.3. The monoisotopic (exact) mass is 402 g/mol. The third-order valence-corrected chi connectivity index (χ3v) is 4.79. The number of pyridine rings is 1. The quantitative estimate of drug-likeness (QED) is 0.527. The van der Waals surface area contributed by atoms with Crippen LogP contribution in [0.15, 0.2) is 65.6 Å². The molecule has 0 fully saturated rings. The van der Waals surface area contributed by atoms with Crippen LogP contribution < -0.4 is 5.32 Å². The molecule has 1 unspecified atom stereocenters. The third-order valence-electron chi connectivity index (χ3n) is 4.79. The predicted molar refractivity (Wildman–Crippen MR) is 111 cm³/mol. The van der Waals surface area contributed by atoms with E-state index in [4.69, 9.17) is 4.52 Å². The van der Waals surface area contributed by atoms with Crippen molar-refractivity contribution < 1.29 is 9.32 Å². The highest BCUT2D eigenvalue weighted by molar-refractivity contribution is 5.94. The summed E-state index contributed by atoms with van der Waals surface area (Å²) in [7, 11) is 0. The number of nitrogens with one attached hydrogen (secondary N) is 1. The minimum absolute atomic E-state index is 0.0575. The van der Waals surface area contributed by atoms with Crippen LogP contribution in [0, 0.1) is 12.8 Å². The van der Waals surface area contributed by atoms with Crippen molar-refractivity contribution >= 4 is 5.91 Å². The van der Waals surface area contributed by atoms with Crippen LogP contribution in [0.1, 0.15) is 41.8 Å². The molecule has 1 N–H and O–H groups in total. The standard InChI is InChI=1S/C22H22N6O2/c1-14(2)19(22-26-20(27-30-22)17-5-4-11-23-13-17)25-21(29)16-6-8-18(9-7-16)28-15(3)10-12-24-28/h4-14,19H,1-3H3,(H,25,29). The minimum Gasteiger partial charge on any atom is -0.340 e. The van der Waals surface area contributed by atoms with Crippen molar-refractivity contribution in [3.05, 3.63) is 78.2 Å². The van der Waals surface area contributed by atoms with E-state index in [2.05, 4.69) is 25.5 Å². The van der Waals surface area contributed by atoms with Gasteiger partial charge in [-0.3, -0.25) is 9.78 Å². The largest absolute Gasteiger partial charge is 0.340 e. The number of amides is 1. The molecule has 0 bridgehead atoms. The van der Waals surface area contributed by atoms with E-state index in [0.717, 1.165) is 16.9 Å². The van der Waals surface area contributed by atoms with Gasteiger partial charge < -0.3 is 9.84 Å². The zero-order chi connectivity index (χ0) is 21.1. The summed E-state index contributed by atoms with van der Waals surface area (Å²) in [6.45, 7) is 5.95. The molecule has 0 saturated heterocycles. The number of nitrogens with zero attached hydrogens (tertiary/aromatic N) is 5. The average molecular weight is 402 g/mol. The average Bonchev–Trinajstić information content (AvgIpc) is 3.42. The summed E-state index contributed by atoms with van der Waals surface area (Å²) < 4.78 is 7.26. The minimum atomic E-state index is -0.413. The van der Waals surface area contributed by atoms with E-state index in [1.807, 2.05) is 55.8 Å². The van der Waals surface area contributed by atoms with Gasteiger partial charge in [0.1, 0.15) is 6.04 Å². The van der Waals surface area contributed by atoms with Crippen LogP contribution in [0.4, 0.5) is 0 Å². The molecule has 1 amide bonds. The normalized spacial score (nSPS) is 12.1. The first-order chi connectivity index (χ1) is 14.5. The number of hydrogen-bond donors (Lipinski definition) is 1. The predicted octanol–water partition coefficient (Wildman–Crippen LogP) is 3.75. The Bertz CT molecular complexity index is 1130. The molecule has 1 aromatic carbocycles. The maximum atomic E-state index is 12.8. The summed E-state index contributed by atoms with van der Waals surface area (Å²) in [5.41, 5.74) is 3.22. The number of carbonyl (C=O) groups is 1. The lowest BCUT2D eigenvalue weighted by atomic mass is 10.0. The zero-order valence-corrected chi connectivity index (χ0v) is 17.0. The second-order valence-electron chi connectivity index (χ2n) is 7.32. The van der Waals surface area contributed by atoms with Crippen molar-refractivity contribution in [2.24, 2.45) is 5.92 Å². The lowest BCUT2D eigenvalue weighted by Crippen LogP contribution is -2.32. The smallest absolute Gasteiger partial charge is 0.251 e. The Labute approximate surface area is 174 Å². The van der Waals surface area contributed by atoms with E-state index in [0.29, 0.717) is 17.3 Å². The summed E-state index contributed by atoms with van der Waals surface area (Å²) in [6.07, 6.45) is 5.09. The molecule has 30 heavy (non-hydrogen) atoms. The van der Waals surface area contributed by atoms with Crippen LogP contribution in [-0.4, -0.2) is 30.8 Å². The van der Waals surface area contributed by atoms with Crippen LogP contribution in [0.3, 0.4) is 0 Å². The molecule has 0 radical (unpaired) electrons. The van der Waals surface area contributed by atoms with Gasteiger partial charge in [-0.15, -0.1) is 0 Å². The first-order valence-electron chi connectivity index (χ1n) is 9.69. The summed E-state index contributed by atoms with van der Waals surface area (Å²) >= 11 is 0. The van der Waals surface area contributed by atoms with Crippen LogP contribution >= 0.6 is 0 Å². The van der Waals surface area contributed by atoms with Gasteiger partial charge in [0.2, 0.25) is 11.7 Å². The lowest BCUT2D eigenvalue weighted by molar-refractivity contribution is 0.0914. The van der Waals surface area contributed by atoms with Crippen molar-refractivity contribution in [3.8, 4) is 17.1 Å². The molecule has 3 aromatic heterocycles. The lowest BCUT2D eigenvalue weighted by Gasteiger charge is -2.18. The highest BCUT2D eigenvalue weighted by Gasteiger charge is 2.25. The Kier molecular flexibility index (Phi) is 5.38. The molecule has 1 atom stereocenters. The fourth-order valence-electron chi connectivity index (χ4n) is 3.11. The molecule has 4 rings (SSSR count). The molecular formula is C22H22N6O2. The molecule has 0 aliphatic rings. The maximum absolute atomic E-state index is 12.8. The van der Waals surface area contributed by atoms with Gasteiger partial charge in [-0.25, -0.2) is 4.68 Å². The number of benzene rings is 1. The van der Waals surface area contributed by atoms with E-state index in [9.17, 15) is 4.79 Å². The Morgan fingerprint density at radius 3 is 2.53 bits per heavy atom. The molecule has 3 heterocycles. The fraction of sp³-hybridized carbons (Fsp3) is 0.227. The van der Waals surface area contributed by atoms with Crippen LogP contribution in [0.2, 0.25) is 0 Å². The molecule has 8 nitrogen and oxygen atoms in total. The Morgan fingerprint density at radius 1 is 1.10 bits per heavy atom. The molecule has 8 heteroatoms. The van der Waals surface area contributed by atoms with Gasteiger partial charge in [0, 0.05) is 35.4 Å². The van der Waals surface area contributed by atoms with Gasteiger partial charge in [0.25, 0.3) is 5.91 Å². The number of hydrogen-bond acceptors (Lipinski definition) is 6. The van der Waals surface area contributed by atoms with E-state index in [-0.39, 0.29) is 11.8 Å². The molecule has 0 spiro atoms. The molecule has 0 aliphatic carbocycles. The van der Waals surface area contributed by atoms with E-state index in [1.54, 1.807) is 30.7 Å². The van der Waals surface area contributed by atoms with Crippen LogP contribution in [0.25, 0.3) is 17.1 Å². The number of rotatable bonds is 6. The van der Waals surface area contributed by atoms with Crippen molar-refractivity contribution in [2.75, 3.05) is 0 Å². The second kappa shape index (κ2) is 8.28. The van der Waals surface area contributed by atoms with Gasteiger partial charge in [-0.2, -0.15) is 10.1 Å². The molecule has 0 aliphatic heterocycles. The first kappa shape index (κ1) is 19.5. The Hall–Kier alpha value is -3.81. The summed E-state index contributed by atoms with van der Waals surface area (Å²) in [6, 6.07) is 12.5. The van der Waals surface area contributed by atoms with E-state index in [1.165, 1.54) is 0 Å². The molecule has 4 aromatic rings. The second-order valence-corrected chi connectivity index (χ2v) is 7.32. The van der Waals surface area contributed by atoms with Crippen molar-refractivity contribution in [3.63, 3.8) is 0 Å². The summed E-state index contributed by atoms with van der Waals surface area (Å²) in [4.78, 5) is 21.4. The molecular weight excluding hydrogens is 380 g/mol. The van der Waals surface area contributed by atoms with Gasteiger partial charge in [0.15, 0.2) is 0 Å². The number of aryl methyl sites for hydroxylation is 1. The van der Waals surface area contributed by atoms with Gasteiger partial charge in [-0.05, 0) is 55.3 Å². The van der Waals surface area contributed by atoms with Crippen molar-refractivity contribution in [1.29, 1.82) is 0 Å². The van der Waals surface area contributed by atoms with Gasteiger partial charge >= 0.3 is 0 Å². The van der Waals surface area contributed by atoms with Crippen molar-refractivity contribution in [1.82, 2.24) is 30.2 Å². The highest BCUT2D eigenvalue weighted by Crippen LogP contribution is 2.24. The Morgan fingerprint density at radius 2 is 1.90 bits per heavy atom. The van der Waals surface area contributed by atoms with E-state index >= 15 is 0 Å². The highest BCUT2D eigenvalue weighted by atomic mass is 16.5. The van der Waals surface area contributed by atoms with Crippen LogP contribution in [-0.2, 0) is 0 Å². The fourth-order valence-corrected chi connectivity index (χ4v) is 3.11. The first-order valence-corrected chi connectivity index (χ1v) is 9.69. The van der Waals surface area contributed by atoms with Crippen LogP contribution in [0.5, 0.6) is 0 Å². The number of carbonyl (C=O) groups excluding carboxylic acids is 1. The maximum Gasteiger partial charge on any atom is 0.251 e. The van der Waals surface area contributed by atoms with Crippen molar-refractivity contribution in [2.45, 2.75) is 26.8 Å². The molecule has 0 saturated carbocycles. The topological polar surface area (TPSA) is 98.7 Å². The molecule has 152 valence electrons. The van der Waals surface area contributed by atoms with Gasteiger partial charge in [-0.1, -0.05) is 19.0 Å². The Balaban J connectivity index is 1.52.